The molecule has 3 aliphatic rings. The van der Waals surface area contributed by atoms with Crippen LogP contribution in [0.25, 0.3) is 16.9 Å². The predicted octanol–water partition coefficient (Wildman–Crippen LogP) is 1.63. The fourth-order valence-electron chi connectivity index (χ4n) is 6.13. The first-order valence-corrected chi connectivity index (χ1v) is 11.5. The molecule has 1 saturated carbocycles. The van der Waals surface area contributed by atoms with Crippen LogP contribution in [0.1, 0.15) is 17.5 Å². The van der Waals surface area contributed by atoms with E-state index in [4.69, 9.17) is 5.73 Å². The number of nitrogens with two attached hydrogens (primary N) is 1. The number of hydrogen-bond donors (Lipinski definition) is 5. The van der Waals surface area contributed by atoms with Gasteiger partial charge in [0.1, 0.15) is 22.8 Å². The molecule has 0 aliphatic heterocycles. The summed E-state index contributed by atoms with van der Waals surface area (Å²) in [6.07, 6.45) is 0.294. The molecule has 0 saturated heterocycles. The van der Waals surface area contributed by atoms with Crippen LogP contribution < -0.4 is 5.73 Å². The van der Waals surface area contributed by atoms with Crippen molar-refractivity contribution in [2.24, 2.45) is 17.6 Å². The van der Waals surface area contributed by atoms with Gasteiger partial charge in [0.2, 0.25) is 5.78 Å². The van der Waals surface area contributed by atoms with E-state index in [0.717, 1.165) is 11.1 Å². The van der Waals surface area contributed by atoms with Crippen LogP contribution in [0.15, 0.2) is 59.4 Å². The Morgan fingerprint density at radius 1 is 1.06 bits per heavy atom. The molecule has 4 atom stereocenters. The van der Waals surface area contributed by atoms with Gasteiger partial charge in [0.25, 0.3) is 5.91 Å². The summed E-state index contributed by atoms with van der Waals surface area (Å²) in [5.74, 6) is -6.61. The number of aliphatic hydroxyl groups is 3. The quantitative estimate of drug-likeness (QED) is 0.406. The average Bonchev–Trinajstić information content (AvgIpc) is 2.81. The van der Waals surface area contributed by atoms with Crippen molar-refractivity contribution in [3.05, 3.63) is 70.5 Å². The van der Waals surface area contributed by atoms with Gasteiger partial charge < -0.3 is 26.2 Å². The SMILES string of the molecule is CN(C)[C@H]1C(=O)C(C(N)=O)=C(O)[C@]2(O)C(=O)C3=C(O)c4c(O)ccc(-c5ccccc5)c4C[C@@H]3C[C@H]12. The number of benzene rings is 2. The number of ketones is 2. The number of Topliss-reactive ketones (excluding diaryl/α,β-unsaturated/α-hetero) is 2. The number of carbonyl (C=O) groups excluding carboxylic acids is 3. The summed E-state index contributed by atoms with van der Waals surface area (Å²) in [6, 6.07) is 11.4. The van der Waals surface area contributed by atoms with Crippen LogP contribution in [-0.4, -0.2) is 68.5 Å². The maximum atomic E-state index is 13.8. The molecule has 0 unspecified atom stereocenters. The number of amides is 1. The van der Waals surface area contributed by atoms with Crippen LogP contribution in [0, 0.1) is 11.8 Å². The van der Waals surface area contributed by atoms with E-state index >= 15 is 0 Å². The van der Waals surface area contributed by atoms with Crippen LogP contribution in [0.5, 0.6) is 5.75 Å². The number of primary amides is 1. The molecule has 2 aromatic carbocycles. The molecule has 2 aromatic rings. The lowest BCUT2D eigenvalue weighted by atomic mass is 9.57. The van der Waals surface area contributed by atoms with E-state index in [2.05, 4.69) is 0 Å². The van der Waals surface area contributed by atoms with Crippen molar-refractivity contribution in [2.75, 3.05) is 14.1 Å². The highest BCUT2D eigenvalue weighted by Crippen LogP contribution is 2.53. The fourth-order valence-corrected chi connectivity index (χ4v) is 6.13. The number of rotatable bonds is 3. The Bertz CT molecular complexity index is 1390. The minimum Gasteiger partial charge on any atom is -0.508 e. The zero-order chi connectivity index (χ0) is 26.1. The molecule has 0 radical (unpaired) electrons. The van der Waals surface area contributed by atoms with Gasteiger partial charge >= 0.3 is 0 Å². The highest BCUT2D eigenvalue weighted by atomic mass is 16.3. The molecule has 9 nitrogen and oxygen atoms in total. The number of aromatic hydroxyl groups is 1. The lowest BCUT2D eigenvalue weighted by Crippen LogP contribution is -2.65. The Morgan fingerprint density at radius 2 is 1.72 bits per heavy atom. The van der Waals surface area contributed by atoms with E-state index in [1.807, 2.05) is 30.3 Å². The number of aliphatic hydroxyl groups excluding tert-OH is 2. The van der Waals surface area contributed by atoms with Gasteiger partial charge in [0, 0.05) is 11.5 Å². The third-order valence-electron chi connectivity index (χ3n) is 7.69. The van der Waals surface area contributed by atoms with Crippen LogP contribution >= 0.6 is 0 Å². The van der Waals surface area contributed by atoms with E-state index < -0.39 is 58.0 Å². The maximum Gasteiger partial charge on any atom is 0.255 e. The Balaban J connectivity index is 1.75. The first-order chi connectivity index (χ1) is 17.0. The lowest BCUT2D eigenvalue weighted by molar-refractivity contribution is -0.153. The van der Waals surface area contributed by atoms with Crippen molar-refractivity contribution in [3.63, 3.8) is 0 Å². The van der Waals surface area contributed by atoms with E-state index in [9.17, 15) is 34.8 Å². The first-order valence-electron chi connectivity index (χ1n) is 11.5. The summed E-state index contributed by atoms with van der Waals surface area (Å²) < 4.78 is 0. The zero-order valence-electron chi connectivity index (χ0n) is 19.7. The van der Waals surface area contributed by atoms with Crippen LogP contribution in [0.3, 0.4) is 0 Å². The fraction of sp³-hybridized carbons (Fsp3) is 0.296. The van der Waals surface area contributed by atoms with E-state index in [1.54, 1.807) is 20.2 Å². The molecule has 1 amide bonds. The number of nitrogens with zero attached hydrogens (tertiary/aromatic N) is 1. The summed E-state index contributed by atoms with van der Waals surface area (Å²) in [7, 11) is 3.14. The predicted molar refractivity (Wildman–Crippen MR) is 130 cm³/mol. The molecule has 0 heterocycles. The Kier molecular flexibility index (Phi) is 5.31. The van der Waals surface area contributed by atoms with Gasteiger partial charge in [-0.05, 0) is 55.6 Å². The van der Waals surface area contributed by atoms with Crippen LogP contribution in [-0.2, 0) is 20.8 Å². The number of hydrogen-bond acceptors (Lipinski definition) is 8. The Morgan fingerprint density at radius 3 is 2.33 bits per heavy atom. The van der Waals surface area contributed by atoms with Crippen molar-refractivity contribution < 1.29 is 34.8 Å². The highest BCUT2D eigenvalue weighted by molar-refractivity contribution is 6.24. The largest absolute Gasteiger partial charge is 0.508 e. The number of fused-ring (bicyclic) bond motifs is 3. The minimum atomic E-state index is -2.64. The molecule has 36 heavy (non-hydrogen) atoms. The monoisotopic (exact) mass is 490 g/mol. The van der Waals surface area contributed by atoms with Crippen molar-refractivity contribution in [1.29, 1.82) is 0 Å². The van der Waals surface area contributed by atoms with E-state index in [-0.39, 0.29) is 29.7 Å². The van der Waals surface area contributed by atoms with Crippen LogP contribution in [0.4, 0.5) is 0 Å². The molecule has 9 heteroatoms. The first kappa shape index (κ1) is 23.8. The second-order valence-electron chi connectivity index (χ2n) is 9.81. The second kappa shape index (κ2) is 8.04. The summed E-state index contributed by atoms with van der Waals surface area (Å²) in [6.45, 7) is 0. The van der Waals surface area contributed by atoms with Crippen molar-refractivity contribution in [1.82, 2.24) is 4.90 Å². The normalized spacial score (nSPS) is 27.6. The number of carbonyl (C=O) groups is 3. The summed E-state index contributed by atoms with van der Waals surface area (Å²) in [4.78, 5) is 40.5. The van der Waals surface area contributed by atoms with E-state index in [0.29, 0.717) is 5.56 Å². The van der Waals surface area contributed by atoms with Gasteiger partial charge in [-0.25, -0.2) is 0 Å². The Labute approximate surface area is 206 Å². The maximum absolute atomic E-state index is 13.8. The third kappa shape index (κ3) is 3.06. The summed E-state index contributed by atoms with van der Waals surface area (Å²) in [5.41, 5.74) is 4.04. The van der Waals surface area contributed by atoms with Gasteiger partial charge in [0.15, 0.2) is 11.4 Å². The van der Waals surface area contributed by atoms with Gasteiger partial charge in [-0.15, -0.1) is 0 Å². The summed E-state index contributed by atoms with van der Waals surface area (Å²) >= 11 is 0. The lowest BCUT2D eigenvalue weighted by Gasteiger charge is -2.50. The Hall–Kier alpha value is -3.95. The topological polar surface area (TPSA) is 161 Å². The van der Waals surface area contributed by atoms with Gasteiger partial charge in [-0.1, -0.05) is 36.4 Å². The molecule has 6 N–H and O–H groups in total. The smallest absolute Gasteiger partial charge is 0.255 e. The molecule has 186 valence electrons. The highest BCUT2D eigenvalue weighted by Gasteiger charge is 2.64. The molecule has 3 aliphatic carbocycles. The van der Waals surface area contributed by atoms with E-state index in [1.165, 1.54) is 11.0 Å². The van der Waals surface area contributed by atoms with Crippen molar-refractivity contribution in [2.45, 2.75) is 24.5 Å². The number of phenols is 1. The zero-order valence-corrected chi connectivity index (χ0v) is 19.7. The standard InChI is InChI=1S/C27H26N2O7/c1-29(2)21-16-11-13-10-15-14(12-6-4-3-5-7-12)8-9-17(30)19(15)22(31)18(13)24(33)27(16,36)25(34)20(23(21)32)26(28)35/h3-9,13,16,21,30-31,34,36H,10-11H2,1-2H3,(H2,28,35)/t13-,16-,21-,27-/m1/s1. The molecule has 1 fully saturated rings. The second-order valence-corrected chi connectivity index (χ2v) is 9.81. The number of phenolic OH excluding ortho intramolecular Hbond substituents is 1. The van der Waals surface area contributed by atoms with Crippen molar-refractivity contribution >= 4 is 23.2 Å². The average molecular weight is 491 g/mol. The van der Waals surface area contributed by atoms with Gasteiger partial charge in [0.05, 0.1) is 11.6 Å². The van der Waals surface area contributed by atoms with Gasteiger partial charge in [-0.3, -0.25) is 19.3 Å². The molecular weight excluding hydrogens is 464 g/mol. The molecule has 0 bridgehead atoms. The van der Waals surface area contributed by atoms with Gasteiger partial charge in [-0.2, -0.15) is 0 Å². The summed E-state index contributed by atoms with van der Waals surface area (Å²) in [5, 5.41) is 44.4. The molecule has 5 rings (SSSR count). The molecule has 0 spiro atoms. The molecular formula is C27H26N2O7. The van der Waals surface area contributed by atoms with Crippen LogP contribution in [0.2, 0.25) is 0 Å². The number of likely N-dealkylation sites (N-methyl/N-ethyl adjacent to an activating group) is 1. The van der Waals surface area contributed by atoms with Crippen molar-refractivity contribution in [3.8, 4) is 16.9 Å². The minimum absolute atomic E-state index is 0.0512. The molecule has 0 aromatic heterocycles. The third-order valence-corrected chi connectivity index (χ3v) is 7.69.